The number of amides is 1. The van der Waals surface area contributed by atoms with Crippen LogP contribution in [0.3, 0.4) is 0 Å². The Bertz CT molecular complexity index is 331. The van der Waals surface area contributed by atoms with E-state index in [4.69, 9.17) is 9.16 Å². The van der Waals surface area contributed by atoms with E-state index in [1.165, 1.54) is 0 Å². The van der Waals surface area contributed by atoms with Crippen molar-refractivity contribution in [2.75, 3.05) is 6.54 Å². The van der Waals surface area contributed by atoms with Crippen LogP contribution in [-0.4, -0.2) is 44.3 Å². The smallest absolute Gasteiger partial charge is 0.410 e. The first-order valence-corrected chi connectivity index (χ1v) is 9.85. The van der Waals surface area contributed by atoms with Crippen molar-refractivity contribution in [1.29, 1.82) is 0 Å². The molecule has 1 aliphatic heterocycles. The number of hydrogen-bond donors (Lipinski definition) is 0. The Balaban J connectivity index is 2.64. The molecule has 0 N–H and O–H groups in total. The fourth-order valence-corrected chi connectivity index (χ4v) is 3.29. The van der Waals surface area contributed by atoms with Gasteiger partial charge >= 0.3 is 6.09 Å². The Morgan fingerprint density at radius 1 is 1.21 bits per heavy atom. The maximum absolute atomic E-state index is 12.0. The Hall–Kier alpha value is -0.553. The topological polar surface area (TPSA) is 38.5 Å². The molecule has 112 valence electrons. The summed E-state index contributed by atoms with van der Waals surface area (Å²) in [6.07, 6.45) is -0.118. The molecule has 0 aromatic carbocycles. The predicted molar refractivity (Wildman–Crippen MR) is 79.9 cm³/mol. The van der Waals surface area contributed by atoms with Crippen LogP contribution >= 0.6 is 0 Å². The summed E-state index contributed by atoms with van der Waals surface area (Å²) in [5.41, 5.74) is -0.395. The first-order chi connectivity index (χ1) is 8.42. The molecule has 1 heterocycles. The molecule has 0 radical (unpaired) electrons. The number of ether oxygens (including phenoxy) is 1. The molecule has 2 atom stereocenters. The molecule has 0 spiro atoms. The quantitative estimate of drug-likeness (QED) is 0.591. The van der Waals surface area contributed by atoms with E-state index in [1.54, 1.807) is 4.90 Å². The number of carbonyl (C=O) groups excluding carboxylic acids is 1. The average molecular weight is 287 g/mol. The molecule has 1 fully saturated rings. The lowest BCUT2D eigenvalue weighted by Gasteiger charge is -2.32. The standard InChI is InChI=1S/C14H29NO3Si/c1-13(2,3)11(18-19(7)8)10-9-15(10)12(16)17-14(4,5)6/h10-11,19H,9H2,1-8H3. The molecule has 1 saturated heterocycles. The minimum atomic E-state index is -1.12. The van der Waals surface area contributed by atoms with Crippen molar-refractivity contribution < 1.29 is 14.0 Å². The van der Waals surface area contributed by atoms with E-state index in [0.717, 1.165) is 6.54 Å². The molecule has 0 saturated carbocycles. The molecule has 5 heteroatoms. The highest BCUT2D eigenvalue weighted by atomic mass is 28.3. The van der Waals surface area contributed by atoms with Crippen LogP contribution in [0.15, 0.2) is 0 Å². The molecule has 1 aliphatic rings. The molecule has 1 rings (SSSR count). The van der Waals surface area contributed by atoms with E-state index in [9.17, 15) is 4.79 Å². The highest BCUT2D eigenvalue weighted by Crippen LogP contribution is 2.35. The zero-order chi connectivity index (χ0) is 15.0. The molecule has 19 heavy (non-hydrogen) atoms. The molecule has 0 aliphatic carbocycles. The van der Waals surface area contributed by atoms with Crippen molar-refractivity contribution in [2.45, 2.75) is 72.4 Å². The summed E-state index contributed by atoms with van der Waals surface area (Å²) in [5, 5.41) is 0. The number of hydrogen-bond acceptors (Lipinski definition) is 3. The lowest BCUT2D eigenvalue weighted by atomic mass is 9.87. The van der Waals surface area contributed by atoms with Gasteiger partial charge in [-0.3, -0.25) is 4.90 Å². The zero-order valence-electron chi connectivity index (χ0n) is 13.6. The predicted octanol–water partition coefficient (Wildman–Crippen LogP) is 3.02. The summed E-state index contributed by atoms with van der Waals surface area (Å²) in [6, 6.07) is 0.171. The van der Waals surface area contributed by atoms with Crippen molar-refractivity contribution >= 4 is 15.1 Å². The second-order valence-electron chi connectivity index (χ2n) is 7.67. The Labute approximate surface area is 119 Å². The minimum Gasteiger partial charge on any atom is -0.444 e. The molecular formula is C14H29NO3Si. The minimum absolute atomic E-state index is 0.0404. The van der Waals surface area contributed by atoms with Crippen LogP contribution in [0.4, 0.5) is 4.79 Å². The number of nitrogens with zero attached hydrogens (tertiary/aromatic N) is 1. The molecule has 0 aromatic rings. The van der Waals surface area contributed by atoms with Crippen LogP contribution in [0.2, 0.25) is 13.1 Å². The van der Waals surface area contributed by atoms with Crippen molar-refractivity contribution in [2.24, 2.45) is 5.41 Å². The van der Waals surface area contributed by atoms with Crippen LogP contribution in [0.5, 0.6) is 0 Å². The van der Waals surface area contributed by atoms with Gasteiger partial charge in [0.1, 0.15) is 5.60 Å². The summed E-state index contributed by atoms with van der Waals surface area (Å²) in [5.74, 6) is 0. The lowest BCUT2D eigenvalue weighted by Crippen LogP contribution is -2.40. The Morgan fingerprint density at radius 2 is 1.74 bits per heavy atom. The van der Waals surface area contributed by atoms with Crippen LogP contribution in [0.1, 0.15) is 41.5 Å². The maximum Gasteiger partial charge on any atom is 0.410 e. The monoisotopic (exact) mass is 287 g/mol. The summed E-state index contributed by atoms with van der Waals surface area (Å²) in [6.45, 7) is 17.3. The van der Waals surface area contributed by atoms with E-state index >= 15 is 0 Å². The van der Waals surface area contributed by atoms with Gasteiger partial charge in [0.2, 0.25) is 0 Å². The average Bonchev–Trinajstić information content (AvgIpc) is 2.88. The van der Waals surface area contributed by atoms with Gasteiger partial charge in [0.25, 0.3) is 0 Å². The van der Waals surface area contributed by atoms with Gasteiger partial charge in [-0.25, -0.2) is 4.79 Å². The van der Waals surface area contributed by atoms with E-state index in [0.29, 0.717) is 0 Å². The van der Waals surface area contributed by atoms with Crippen molar-refractivity contribution in [1.82, 2.24) is 4.90 Å². The van der Waals surface area contributed by atoms with Crippen LogP contribution in [0.25, 0.3) is 0 Å². The highest BCUT2D eigenvalue weighted by Gasteiger charge is 2.50. The van der Waals surface area contributed by atoms with Gasteiger partial charge < -0.3 is 9.16 Å². The van der Waals surface area contributed by atoms with E-state index < -0.39 is 14.6 Å². The van der Waals surface area contributed by atoms with E-state index in [2.05, 4.69) is 33.9 Å². The van der Waals surface area contributed by atoms with Crippen LogP contribution < -0.4 is 0 Å². The SMILES string of the molecule is C[SiH](C)OC(C1CN1C(=O)OC(C)(C)C)C(C)(C)C. The highest BCUT2D eigenvalue weighted by molar-refractivity contribution is 6.48. The molecule has 0 aromatic heterocycles. The molecule has 1 amide bonds. The number of carbonyl (C=O) groups is 1. The van der Waals surface area contributed by atoms with Crippen molar-refractivity contribution in [3.63, 3.8) is 0 Å². The fourth-order valence-electron chi connectivity index (χ4n) is 2.11. The van der Waals surface area contributed by atoms with E-state index in [1.807, 2.05) is 20.8 Å². The fraction of sp³-hybridized carbons (Fsp3) is 0.929. The maximum atomic E-state index is 12.0. The largest absolute Gasteiger partial charge is 0.444 e. The molecule has 4 nitrogen and oxygen atoms in total. The third-order valence-corrected chi connectivity index (χ3v) is 3.74. The summed E-state index contributed by atoms with van der Waals surface area (Å²) < 4.78 is 11.5. The number of rotatable bonds is 3. The second kappa shape index (κ2) is 5.44. The van der Waals surface area contributed by atoms with E-state index in [-0.39, 0.29) is 23.7 Å². The zero-order valence-corrected chi connectivity index (χ0v) is 14.8. The van der Waals surface area contributed by atoms with Gasteiger partial charge in [-0.2, -0.15) is 0 Å². The molecular weight excluding hydrogens is 258 g/mol. The normalized spacial score (nSPS) is 21.5. The third kappa shape index (κ3) is 5.14. The summed E-state index contributed by atoms with van der Waals surface area (Å²) in [7, 11) is -1.12. The first kappa shape index (κ1) is 16.5. The Morgan fingerprint density at radius 3 is 2.11 bits per heavy atom. The molecule has 2 unspecified atom stereocenters. The van der Waals surface area contributed by atoms with Crippen LogP contribution in [0, 0.1) is 5.41 Å². The van der Waals surface area contributed by atoms with Gasteiger partial charge in [-0.05, 0) is 39.3 Å². The van der Waals surface area contributed by atoms with Gasteiger partial charge in [-0.15, -0.1) is 0 Å². The molecule has 0 bridgehead atoms. The van der Waals surface area contributed by atoms with Gasteiger partial charge in [-0.1, -0.05) is 20.8 Å². The summed E-state index contributed by atoms with van der Waals surface area (Å²) >= 11 is 0. The van der Waals surface area contributed by atoms with Gasteiger partial charge in [0.05, 0.1) is 12.1 Å². The van der Waals surface area contributed by atoms with Crippen LogP contribution in [-0.2, 0) is 9.16 Å². The van der Waals surface area contributed by atoms with Crippen molar-refractivity contribution in [3.8, 4) is 0 Å². The third-order valence-electron chi connectivity index (χ3n) is 2.90. The van der Waals surface area contributed by atoms with Gasteiger partial charge in [0.15, 0.2) is 9.04 Å². The lowest BCUT2D eigenvalue weighted by molar-refractivity contribution is 0.0297. The van der Waals surface area contributed by atoms with Gasteiger partial charge in [0, 0.05) is 6.54 Å². The van der Waals surface area contributed by atoms with Crippen molar-refractivity contribution in [3.05, 3.63) is 0 Å². The summed E-state index contributed by atoms with van der Waals surface area (Å²) in [4.78, 5) is 13.8. The first-order valence-electron chi connectivity index (χ1n) is 7.07. The second-order valence-corrected chi connectivity index (χ2v) is 10.0. The Kier molecular flexibility index (Phi) is 4.73.